The number of aromatic nitrogens is 1. The summed E-state index contributed by atoms with van der Waals surface area (Å²) in [6, 6.07) is 8.12. The Morgan fingerprint density at radius 1 is 1.15 bits per heavy atom. The van der Waals surface area contributed by atoms with E-state index < -0.39 is 5.60 Å². The van der Waals surface area contributed by atoms with Gasteiger partial charge in [-0.25, -0.2) is 0 Å². The molecule has 5 unspecified atom stereocenters. The molecule has 0 amide bonds. The van der Waals surface area contributed by atoms with E-state index in [2.05, 4.69) is 43.1 Å². The van der Waals surface area contributed by atoms with Gasteiger partial charge in [-0.2, -0.15) is 0 Å². The summed E-state index contributed by atoms with van der Waals surface area (Å²) in [5, 5.41) is 24.2. The molecule has 1 saturated carbocycles. The number of nitrogens with one attached hydrogen (secondary N) is 1. The Morgan fingerprint density at radius 2 is 2.00 bits per heavy atom. The summed E-state index contributed by atoms with van der Waals surface area (Å²) in [5.41, 5.74) is 3.59. The number of benzene rings is 1. The number of H-pyrrole nitrogens is 1. The molecule has 172 valence electrons. The number of hydrogen-bond acceptors (Lipinski definition) is 3. The van der Waals surface area contributed by atoms with Crippen LogP contribution in [0.3, 0.4) is 0 Å². The SMILES string of the molecule is CC1C=C2C=C3CC(O)CCC3CC[C@]2(O)C2CC=C(c3ccc4cc[nH]c(=O)c4c3)C12C. The molecule has 1 heterocycles. The molecule has 0 radical (unpaired) electrons. The van der Waals surface area contributed by atoms with Crippen LogP contribution in [0.1, 0.15) is 57.9 Å². The summed E-state index contributed by atoms with van der Waals surface area (Å²) in [4.78, 5) is 15.2. The largest absolute Gasteiger partial charge is 0.393 e. The zero-order valence-electron chi connectivity index (χ0n) is 19.5. The number of aliphatic hydroxyl groups excluding tert-OH is 1. The average molecular weight is 444 g/mol. The fourth-order valence-corrected chi connectivity index (χ4v) is 7.42. The van der Waals surface area contributed by atoms with E-state index in [1.165, 1.54) is 11.1 Å². The molecule has 3 N–H and O–H groups in total. The summed E-state index contributed by atoms with van der Waals surface area (Å²) in [7, 11) is 0. The predicted molar refractivity (Wildman–Crippen MR) is 132 cm³/mol. The Balaban J connectivity index is 1.43. The molecule has 4 aliphatic carbocycles. The zero-order chi connectivity index (χ0) is 23.0. The maximum Gasteiger partial charge on any atom is 0.255 e. The minimum absolute atomic E-state index is 0.0626. The number of fused-ring (bicyclic) bond motifs is 5. The van der Waals surface area contributed by atoms with E-state index in [1.807, 2.05) is 18.2 Å². The molecule has 6 rings (SSSR count). The average Bonchev–Trinajstić information content (AvgIpc) is 3.10. The third-order valence-electron chi connectivity index (χ3n) is 9.46. The first-order valence-corrected chi connectivity index (χ1v) is 12.5. The van der Waals surface area contributed by atoms with Crippen molar-refractivity contribution in [3.8, 4) is 0 Å². The lowest BCUT2D eigenvalue weighted by Gasteiger charge is -2.51. The highest BCUT2D eigenvalue weighted by Gasteiger charge is 2.58. The molecule has 1 aromatic heterocycles. The molecule has 4 nitrogen and oxygen atoms in total. The van der Waals surface area contributed by atoms with E-state index >= 15 is 0 Å². The second kappa shape index (κ2) is 7.28. The molecule has 1 aromatic carbocycles. The molecule has 33 heavy (non-hydrogen) atoms. The van der Waals surface area contributed by atoms with Gasteiger partial charge in [-0.3, -0.25) is 4.79 Å². The standard InChI is InChI=1S/C29H33NO3/c1-17-13-22-14-21-15-23(31)6-5-18(21)9-11-29(22,33)26-8-7-25(28(17,26)2)20-4-3-19-10-12-30-27(32)24(19)16-20/h3-4,7,10,12-14,16-18,23,26,31,33H,5-6,8-9,11,15H2,1-2H3,(H,30,32)/t17?,18?,23?,26?,28?,29-/m1/s1. The maximum atomic E-state index is 12.4. The molecular formula is C29H33NO3. The Kier molecular flexibility index (Phi) is 4.66. The van der Waals surface area contributed by atoms with Crippen LogP contribution in [0.5, 0.6) is 0 Å². The quantitative estimate of drug-likeness (QED) is 0.572. The van der Waals surface area contributed by atoms with Crippen molar-refractivity contribution in [3.05, 3.63) is 75.8 Å². The summed E-state index contributed by atoms with van der Waals surface area (Å²) in [6.45, 7) is 4.57. The van der Waals surface area contributed by atoms with Crippen molar-refractivity contribution in [3.63, 3.8) is 0 Å². The Hall–Kier alpha value is -2.43. The first kappa shape index (κ1) is 21.1. The molecule has 0 aliphatic heterocycles. The van der Waals surface area contributed by atoms with Crippen LogP contribution in [0.4, 0.5) is 0 Å². The summed E-state index contributed by atoms with van der Waals surface area (Å²) in [6.07, 6.45) is 13.5. The molecule has 0 spiro atoms. The topological polar surface area (TPSA) is 73.3 Å². The van der Waals surface area contributed by atoms with Crippen molar-refractivity contribution in [1.29, 1.82) is 0 Å². The Bertz CT molecular complexity index is 1280. The summed E-state index contributed by atoms with van der Waals surface area (Å²) < 4.78 is 0. The first-order valence-electron chi connectivity index (χ1n) is 12.5. The van der Waals surface area contributed by atoms with Crippen LogP contribution in [-0.2, 0) is 0 Å². The fraction of sp³-hybridized carbons (Fsp3) is 0.483. The van der Waals surface area contributed by atoms with Crippen molar-refractivity contribution in [1.82, 2.24) is 4.98 Å². The summed E-state index contributed by atoms with van der Waals surface area (Å²) in [5.74, 6) is 0.825. The highest BCUT2D eigenvalue weighted by atomic mass is 16.3. The predicted octanol–water partition coefficient (Wildman–Crippen LogP) is 5.13. The number of rotatable bonds is 1. The lowest BCUT2D eigenvalue weighted by atomic mass is 9.54. The van der Waals surface area contributed by atoms with Gasteiger partial charge >= 0.3 is 0 Å². The third-order valence-corrected chi connectivity index (χ3v) is 9.46. The van der Waals surface area contributed by atoms with E-state index in [4.69, 9.17) is 0 Å². The van der Waals surface area contributed by atoms with Crippen LogP contribution in [-0.4, -0.2) is 26.9 Å². The summed E-state index contributed by atoms with van der Waals surface area (Å²) >= 11 is 0. The number of aromatic amines is 1. The van der Waals surface area contributed by atoms with Gasteiger partial charge in [0.1, 0.15) is 0 Å². The van der Waals surface area contributed by atoms with Crippen molar-refractivity contribution >= 4 is 16.3 Å². The molecule has 0 saturated heterocycles. The number of hydrogen-bond donors (Lipinski definition) is 3. The second-order valence-electron chi connectivity index (χ2n) is 11.0. The van der Waals surface area contributed by atoms with Gasteiger partial charge in [-0.15, -0.1) is 0 Å². The van der Waals surface area contributed by atoms with Crippen LogP contribution in [0.15, 0.2) is 64.6 Å². The van der Waals surface area contributed by atoms with E-state index in [1.54, 1.807) is 6.20 Å². The molecule has 4 heteroatoms. The van der Waals surface area contributed by atoms with E-state index in [0.29, 0.717) is 11.3 Å². The zero-order valence-corrected chi connectivity index (χ0v) is 19.5. The third kappa shape index (κ3) is 3.00. The number of pyridine rings is 1. The van der Waals surface area contributed by atoms with Gasteiger partial charge in [0.25, 0.3) is 5.56 Å². The van der Waals surface area contributed by atoms with Crippen LogP contribution < -0.4 is 5.56 Å². The van der Waals surface area contributed by atoms with Crippen LogP contribution in [0.25, 0.3) is 16.3 Å². The molecule has 2 aromatic rings. The second-order valence-corrected chi connectivity index (χ2v) is 11.0. The maximum absolute atomic E-state index is 12.4. The van der Waals surface area contributed by atoms with Gasteiger partial charge in [0.05, 0.1) is 11.7 Å². The van der Waals surface area contributed by atoms with E-state index in [0.717, 1.165) is 55.0 Å². The minimum Gasteiger partial charge on any atom is -0.393 e. The van der Waals surface area contributed by atoms with Gasteiger partial charge in [0, 0.05) is 22.9 Å². The van der Waals surface area contributed by atoms with Gasteiger partial charge in [0.15, 0.2) is 0 Å². The van der Waals surface area contributed by atoms with Gasteiger partial charge < -0.3 is 15.2 Å². The number of allylic oxidation sites excluding steroid dienone is 3. The highest BCUT2D eigenvalue weighted by molar-refractivity contribution is 5.87. The smallest absolute Gasteiger partial charge is 0.255 e. The lowest BCUT2D eigenvalue weighted by molar-refractivity contribution is -0.0455. The normalized spacial score (nSPS) is 37.9. The fourth-order valence-electron chi connectivity index (χ4n) is 7.42. The van der Waals surface area contributed by atoms with Crippen molar-refractivity contribution in [2.24, 2.45) is 23.2 Å². The Morgan fingerprint density at radius 3 is 2.85 bits per heavy atom. The van der Waals surface area contributed by atoms with Gasteiger partial charge in [-0.05, 0) is 84.6 Å². The highest BCUT2D eigenvalue weighted by Crippen LogP contribution is 2.63. The lowest BCUT2D eigenvalue weighted by Crippen LogP contribution is -2.51. The van der Waals surface area contributed by atoms with Crippen molar-refractivity contribution in [2.45, 2.75) is 64.1 Å². The van der Waals surface area contributed by atoms with Crippen LogP contribution >= 0.6 is 0 Å². The minimum atomic E-state index is -0.858. The van der Waals surface area contributed by atoms with E-state index in [9.17, 15) is 15.0 Å². The van der Waals surface area contributed by atoms with Gasteiger partial charge in [0.2, 0.25) is 0 Å². The van der Waals surface area contributed by atoms with E-state index in [-0.39, 0.29) is 28.9 Å². The van der Waals surface area contributed by atoms with Crippen LogP contribution in [0, 0.1) is 23.2 Å². The first-order chi connectivity index (χ1) is 15.8. The molecule has 1 fully saturated rings. The Labute approximate surface area is 194 Å². The molecule has 4 aliphatic rings. The van der Waals surface area contributed by atoms with Gasteiger partial charge in [-0.1, -0.05) is 49.8 Å². The van der Waals surface area contributed by atoms with Crippen molar-refractivity contribution in [2.75, 3.05) is 0 Å². The number of aliphatic hydroxyl groups is 2. The molecular weight excluding hydrogens is 410 g/mol. The molecule has 0 bridgehead atoms. The van der Waals surface area contributed by atoms with Crippen molar-refractivity contribution < 1.29 is 10.2 Å². The van der Waals surface area contributed by atoms with Crippen LogP contribution in [0.2, 0.25) is 0 Å². The monoisotopic (exact) mass is 443 g/mol. The molecule has 6 atom stereocenters.